The largest absolute Gasteiger partial charge is 0.369 e. The van der Waals surface area contributed by atoms with Crippen LogP contribution in [0.3, 0.4) is 0 Å². The van der Waals surface area contributed by atoms with Crippen molar-refractivity contribution in [1.82, 2.24) is 9.88 Å². The molecule has 3 aromatic rings. The number of aromatic nitrogens is 1. The van der Waals surface area contributed by atoms with Crippen molar-refractivity contribution in [3.05, 3.63) is 54.1 Å². The van der Waals surface area contributed by atoms with Crippen LogP contribution in [0.5, 0.6) is 0 Å². The van der Waals surface area contributed by atoms with Gasteiger partial charge in [-0.3, -0.25) is 9.59 Å². The van der Waals surface area contributed by atoms with E-state index in [4.69, 9.17) is 5.73 Å². The number of nitrogens with zero attached hydrogens (tertiary/aromatic N) is 2. The van der Waals surface area contributed by atoms with Gasteiger partial charge in [-0.1, -0.05) is 36.4 Å². The van der Waals surface area contributed by atoms with Crippen LogP contribution in [0.15, 0.2) is 48.5 Å². The van der Waals surface area contributed by atoms with E-state index in [9.17, 15) is 9.59 Å². The van der Waals surface area contributed by atoms with E-state index in [0.717, 1.165) is 21.7 Å². The first-order chi connectivity index (χ1) is 12.1. The van der Waals surface area contributed by atoms with Crippen molar-refractivity contribution in [1.29, 1.82) is 0 Å². The summed E-state index contributed by atoms with van der Waals surface area (Å²) in [7, 11) is 0. The van der Waals surface area contributed by atoms with Crippen LogP contribution in [-0.2, 0) is 16.1 Å². The monoisotopic (exact) mass is 351 g/mol. The number of benzene rings is 2. The maximum Gasteiger partial charge on any atom is 0.223 e. The number of likely N-dealkylation sites (tertiary alicyclic amines) is 1. The van der Waals surface area contributed by atoms with Crippen LogP contribution in [0.1, 0.15) is 12.0 Å². The topological polar surface area (TPSA) is 76.3 Å². The van der Waals surface area contributed by atoms with Gasteiger partial charge < -0.3 is 10.6 Å². The highest BCUT2D eigenvalue weighted by molar-refractivity contribution is 7.21. The van der Waals surface area contributed by atoms with Gasteiger partial charge in [0.2, 0.25) is 11.8 Å². The molecule has 1 aromatic heterocycles. The zero-order valence-electron chi connectivity index (χ0n) is 13.5. The number of nitrogens with two attached hydrogens (primary N) is 1. The molecule has 0 spiro atoms. The third-order valence-electron chi connectivity index (χ3n) is 4.49. The maximum atomic E-state index is 12.0. The normalized spacial score (nSPS) is 17.4. The van der Waals surface area contributed by atoms with Gasteiger partial charge in [0, 0.05) is 25.1 Å². The molecule has 1 aliphatic heterocycles. The first kappa shape index (κ1) is 15.8. The molecule has 0 saturated carbocycles. The number of hydrogen-bond donors (Lipinski definition) is 1. The van der Waals surface area contributed by atoms with Gasteiger partial charge in [-0.05, 0) is 17.7 Å². The van der Waals surface area contributed by atoms with Gasteiger partial charge in [0.15, 0.2) is 0 Å². The van der Waals surface area contributed by atoms with Gasteiger partial charge in [0.05, 0.1) is 16.1 Å². The van der Waals surface area contributed by atoms with Crippen molar-refractivity contribution in [2.75, 3.05) is 6.54 Å². The Hall–Kier alpha value is -2.73. The lowest BCUT2D eigenvalue weighted by molar-refractivity contribution is -0.128. The highest BCUT2D eigenvalue weighted by atomic mass is 32.1. The second kappa shape index (κ2) is 6.29. The predicted molar refractivity (Wildman–Crippen MR) is 97.8 cm³/mol. The number of hydrogen-bond acceptors (Lipinski definition) is 4. The molecule has 0 unspecified atom stereocenters. The number of fused-ring (bicyclic) bond motifs is 1. The molecule has 2 aromatic carbocycles. The Labute approximate surface area is 149 Å². The molecule has 1 atom stereocenters. The molecule has 2 amide bonds. The van der Waals surface area contributed by atoms with Crippen molar-refractivity contribution >= 4 is 33.4 Å². The highest BCUT2D eigenvalue weighted by Crippen LogP contribution is 2.30. The average Bonchev–Trinajstić information content (AvgIpc) is 3.20. The molecule has 1 fully saturated rings. The van der Waals surface area contributed by atoms with E-state index in [-0.39, 0.29) is 18.2 Å². The van der Waals surface area contributed by atoms with E-state index in [1.165, 1.54) is 4.70 Å². The molecule has 0 radical (unpaired) electrons. The lowest BCUT2D eigenvalue weighted by Gasteiger charge is -2.16. The highest BCUT2D eigenvalue weighted by Gasteiger charge is 2.32. The molecule has 0 aliphatic carbocycles. The number of rotatable bonds is 4. The van der Waals surface area contributed by atoms with E-state index in [1.807, 2.05) is 42.5 Å². The lowest BCUT2D eigenvalue weighted by atomic mass is 10.1. The fourth-order valence-electron chi connectivity index (χ4n) is 3.08. The standard InChI is InChI=1S/C19H17N3O2S/c20-18(24)14-9-17(23)22(11-14)10-12-5-7-13(8-6-12)19-21-15-3-1-2-4-16(15)25-19/h1-8,14H,9-11H2,(H2,20,24)/t14-/m1/s1. The third kappa shape index (κ3) is 3.13. The minimum Gasteiger partial charge on any atom is -0.369 e. The Morgan fingerprint density at radius 3 is 2.64 bits per heavy atom. The molecule has 0 bridgehead atoms. The van der Waals surface area contributed by atoms with E-state index in [1.54, 1.807) is 16.2 Å². The fraction of sp³-hybridized carbons (Fsp3) is 0.211. The zero-order valence-corrected chi connectivity index (χ0v) is 14.3. The Bertz CT molecular complexity index is 916. The fourth-order valence-corrected chi connectivity index (χ4v) is 4.06. The van der Waals surface area contributed by atoms with Crippen LogP contribution in [0.2, 0.25) is 0 Å². The van der Waals surface area contributed by atoms with Crippen molar-refractivity contribution < 1.29 is 9.59 Å². The second-order valence-corrected chi connectivity index (χ2v) is 7.29. The van der Waals surface area contributed by atoms with Gasteiger partial charge in [0.1, 0.15) is 5.01 Å². The van der Waals surface area contributed by atoms with Crippen LogP contribution in [0.25, 0.3) is 20.8 Å². The molecule has 6 heteroatoms. The summed E-state index contributed by atoms with van der Waals surface area (Å²) in [6, 6.07) is 16.1. The lowest BCUT2D eigenvalue weighted by Crippen LogP contribution is -2.28. The Balaban J connectivity index is 1.50. The van der Waals surface area contributed by atoms with Crippen molar-refractivity contribution in [3.63, 3.8) is 0 Å². The molecule has 126 valence electrons. The molecular weight excluding hydrogens is 334 g/mol. The summed E-state index contributed by atoms with van der Waals surface area (Å²) in [4.78, 5) is 29.6. The van der Waals surface area contributed by atoms with Crippen molar-refractivity contribution in [3.8, 4) is 10.6 Å². The van der Waals surface area contributed by atoms with Gasteiger partial charge in [-0.25, -0.2) is 4.98 Å². The van der Waals surface area contributed by atoms with Gasteiger partial charge in [-0.15, -0.1) is 11.3 Å². The SMILES string of the molecule is NC(=O)[C@@H]1CC(=O)N(Cc2ccc(-c3nc4ccccc4s3)cc2)C1. The third-order valence-corrected chi connectivity index (χ3v) is 5.57. The smallest absolute Gasteiger partial charge is 0.223 e. The summed E-state index contributed by atoms with van der Waals surface area (Å²) in [6.45, 7) is 0.913. The summed E-state index contributed by atoms with van der Waals surface area (Å²) in [5.41, 5.74) is 8.41. The van der Waals surface area contributed by atoms with Crippen LogP contribution < -0.4 is 5.73 Å². The maximum absolute atomic E-state index is 12.0. The summed E-state index contributed by atoms with van der Waals surface area (Å²) >= 11 is 1.67. The van der Waals surface area contributed by atoms with Gasteiger partial charge >= 0.3 is 0 Å². The molecule has 2 heterocycles. The van der Waals surface area contributed by atoms with Crippen LogP contribution in [0, 0.1) is 5.92 Å². The number of amides is 2. The molecule has 1 aliphatic rings. The molecule has 1 saturated heterocycles. The summed E-state index contributed by atoms with van der Waals surface area (Å²) in [5, 5.41) is 0.985. The Morgan fingerprint density at radius 2 is 1.96 bits per heavy atom. The number of carbonyl (C=O) groups excluding carboxylic acids is 2. The number of para-hydroxylation sites is 1. The summed E-state index contributed by atoms with van der Waals surface area (Å²) in [6.07, 6.45) is 0.221. The Morgan fingerprint density at radius 1 is 1.20 bits per heavy atom. The minimum absolute atomic E-state index is 0.0148. The van der Waals surface area contributed by atoms with Crippen LogP contribution >= 0.6 is 11.3 Å². The molecule has 2 N–H and O–H groups in total. The summed E-state index contributed by atoms with van der Waals surface area (Å²) < 4.78 is 1.17. The first-order valence-electron chi connectivity index (χ1n) is 8.12. The van der Waals surface area contributed by atoms with Crippen LogP contribution in [-0.4, -0.2) is 28.2 Å². The van der Waals surface area contributed by atoms with E-state index >= 15 is 0 Å². The van der Waals surface area contributed by atoms with E-state index in [2.05, 4.69) is 11.1 Å². The number of thiazole rings is 1. The van der Waals surface area contributed by atoms with Crippen molar-refractivity contribution in [2.24, 2.45) is 11.7 Å². The summed E-state index contributed by atoms with van der Waals surface area (Å²) in [5.74, 6) is -0.782. The van der Waals surface area contributed by atoms with Crippen molar-refractivity contribution in [2.45, 2.75) is 13.0 Å². The molecule has 5 nitrogen and oxygen atoms in total. The number of primary amides is 1. The zero-order chi connectivity index (χ0) is 17.4. The van der Waals surface area contributed by atoms with Crippen LogP contribution in [0.4, 0.5) is 0 Å². The van der Waals surface area contributed by atoms with E-state index in [0.29, 0.717) is 13.1 Å². The first-order valence-corrected chi connectivity index (χ1v) is 8.94. The second-order valence-electron chi connectivity index (χ2n) is 6.26. The average molecular weight is 351 g/mol. The molecular formula is C19H17N3O2S. The van der Waals surface area contributed by atoms with Gasteiger partial charge in [0.25, 0.3) is 0 Å². The van der Waals surface area contributed by atoms with E-state index < -0.39 is 5.91 Å². The predicted octanol–water partition coefficient (Wildman–Crippen LogP) is 2.80. The van der Waals surface area contributed by atoms with Gasteiger partial charge in [-0.2, -0.15) is 0 Å². The molecule has 4 rings (SSSR count). The quantitative estimate of drug-likeness (QED) is 0.785. The Kier molecular flexibility index (Phi) is 3.97. The number of carbonyl (C=O) groups is 2. The molecule has 25 heavy (non-hydrogen) atoms. The minimum atomic E-state index is -0.401.